The molecule has 6 heteroatoms. The van der Waals surface area contributed by atoms with E-state index in [1.54, 1.807) is 20.8 Å². The summed E-state index contributed by atoms with van der Waals surface area (Å²) in [5.74, 6) is 1.49. The van der Waals surface area contributed by atoms with Crippen molar-refractivity contribution in [2.45, 2.75) is 80.4 Å². The first-order chi connectivity index (χ1) is 38.0. The van der Waals surface area contributed by atoms with E-state index in [1.165, 1.54) is 52.8 Å². The molecule has 73 heavy (non-hydrogen) atoms. The molecule has 0 unspecified atom stereocenters. The van der Waals surface area contributed by atoms with E-state index < -0.39 is 25.5 Å². The smallest absolute Gasteiger partial charge is 0.136 e. The van der Waals surface area contributed by atoms with Gasteiger partial charge in [-0.1, -0.05) is 163 Å². The Morgan fingerprint density at radius 1 is 0.630 bits per heavy atom. The third kappa shape index (κ3) is 9.58. The van der Waals surface area contributed by atoms with Crippen molar-refractivity contribution < 1.29 is 39.9 Å². The number of fused-ring (bicyclic) bond motifs is 7. The van der Waals surface area contributed by atoms with Gasteiger partial charge in [0.15, 0.2) is 0 Å². The molecule has 0 saturated carbocycles. The van der Waals surface area contributed by atoms with Crippen molar-refractivity contribution in [3.63, 3.8) is 0 Å². The SMILES string of the molecule is CC(C)c1cccc(C(C)C)c1-n1c(-c2[c-]ccc3c2oc2cc(-c4ccc5oc6cc(-c7ccccc7)ccc6c5c4)ccc23)nc2ccccc21.[2H]C([2H])([2H])c1c[c-]c(-c2cc(C([2H])([2H])C(C)(C)C)c(C([2H])([2H])[2H])cn2)cc1.[Ir]. The molecule has 0 aliphatic rings. The summed E-state index contributed by atoms with van der Waals surface area (Å²) in [6.07, 6.45) is -0.750. The molecule has 1 radical (unpaired) electrons. The van der Waals surface area contributed by atoms with E-state index in [0.29, 0.717) is 23.1 Å². The summed E-state index contributed by atoms with van der Waals surface area (Å²) in [4.78, 5) is 9.44. The van der Waals surface area contributed by atoms with Crippen LogP contribution in [0.1, 0.15) is 99.1 Å². The summed E-state index contributed by atoms with van der Waals surface area (Å²) >= 11 is 0. The van der Waals surface area contributed by atoms with Crippen LogP contribution >= 0.6 is 0 Å². The van der Waals surface area contributed by atoms with Crippen molar-refractivity contribution in [3.8, 4) is 50.6 Å². The summed E-state index contributed by atoms with van der Waals surface area (Å²) in [5.41, 5.74) is 14.5. The zero-order valence-corrected chi connectivity index (χ0v) is 44.2. The first kappa shape index (κ1) is 40.2. The molecule has 0 aliphatic heterocycles. The Labute approximate surface area is 453 Å². The van der Waals surface area contributed by atoms with E-state index in [0.717, 1.165) is 83.0 Å². The maximum Gasteiger partial charge on any atom is 0.136 e. The molecule has 0 N–H and O–H groups in total. The molecule has 8 aromatic carbocycles. The van der Waals surface area contributed by atoms with Gasteiger partial charge in [-0.15, -0.1) is 53.6 Å². The van der Waals surface area contributed by atoms with E-state index in [2.05, 4.69) is 177 Å². The van der Waals surface area contributed by atoms with Gasteiger partial charge in [-0.3, -0.25) is 4.98 Å². The topological polar surface area (TPSA) is 57.0 Å². The number of hydrogen-bond donors (Lipinski definition) is 0. The van der Waals surface area contributed by atoms with Gasteiger partial charge in [0.2, 0.25) is 0 Å². The number of furan rings is 2. The molecule has 0 bridgehead atoms. The molecule has 0 saturated heterocycles. The standard InChI is InChI=1S/C49H37N2O2.C18H22N.Ir/c1-29(2)35-14-10-15-36(30(3)4)47(35)51-43-19-9-8-18-42(43)50-49(51)40-17-11-16-39-37-23-21-34(28-46(37)53-48(39)40)32-22-25-44-41(26-32)38-24-20-33(27-45(38)52-44)31-12-6-5-7-13-31;1-13-6-8-15(9-7-13)17-10-16(11-18(3,4)5)14(2)12-19-17;/h5-16,18-30H,1-4H3;6-8,10,12H,11H2,1-5H3;/q2*-1;/i;1D3,2D3,11D2;. The van der Waals surface area contributed by atoms with Crippen LogP contribution in [-0.2, 0) is 26.5 Å². The number of pyridine rings is 1. The van der Waals surface area contributed by atoms with E-state index in [-0.39, 0.29) is 36.8 Å². The van der Waals surface area contributed by atoms with E-state index in [4.69, 9.17) is 24.8 Å². The summed E-state index contributed by atoms with van der Waals surface area (Å²) in [6, 6.07) is 61.2. The zero-order chi connectivity index (χ0) is 56.6. The van der Waals surface area contributed by atoms with Gasteiger partial charge in [0, 0.05) is 59.1 Å². The Balaban J connectivity index is 0.000000224. The van der Waals surface area contributed by atoms with Gasteiger partial charge in [-0.25, -0.2) is 0 Å². The van der Waals surface area contributed by atoms with Crippen molar-refractivity contribution >= 4 is 54.9 Å². The van der Waals surface area contributed by atoms with Gasteiger partial charge in [0.05, 0.1) is 22.4 Å². The van der Waals surface area contributed by atoms with Crippen LogP contribution in [0.15, 0.2) is 179 Å². The number of aryl methyl sites for hydroxylation is 2. The molecule has 0 aliphatic carbocycles. The number of nitrogens with zero attached hydrogens (tertiary/aromatic N) is 3. The van der Waals surface area contributed by atoms with Crippen molar-refractivity contribution in [1.82, 2.24) is 14.5 Å². The summed E-state index contributed by atoms with van der Waals surface area (Å²) in [6.45, 7) is 9.41. The predicted molar refractivity (Wildman–Crippen MR) is 300 cm³/mol. The van der Waals surface area contributed by atoms with Crippen molar-refractivity contribution in [2.75, 3.05) is 0 Å². The van der Waals surface area contributed by atoms with Crippen LogP contribution in [0.3, 0.4) is 0 Å². The molecule has 4 heterocycles. The largest absolute Gasteiger partial charge is 0.501 e. The fourth-order valence-electron chi connectivity index (χ4n) is 9.74. The Kier molecular flexibility index (Phi) is 11.0. The average Bonchev–Trinajstić information content (AvgIpc) is 4.28. The molecule has 0 fully saturated rings. The molecule has 5 nitrogen and oxygen atoms in total. The van der Waals surface area contributed by atoms with Crippen LogP contribution in [0.25, 0.3) is 105 Å². The minimum absolute atomic E-state index is 0. The van der Waals surface area contributed by atoms with Crippen molar-refractivity contribution in [2.24, 2.45) is 5.41 Å². The van der Waals surface area contributed by atoms with Crippen LogP contribution < -0.4 is 0 Å². The third-order valence-electron chi connectivity index (χ3n) is 13.2. The molecule has 0 atom stereocenters. The normalized spacial score (nSPS) is 14.0. The second-order valence-electron chi connectivity index (χ2n) is 20.1. The number of rotatable bonds is 8. The first-order valence-corrected chi connectivity index (χ1v) is 24.5. The number of benzene rings is 8. The zero-order valence-electron chi connectivity index (χ0n) is 49.8. The Morgan fingerprint density at radius 3 is 2.01 bits per heavy atom. The molecular weight excluding hydrogens is 1070 g/mol. The summed E-state index contributed by atoms with van der Waals surface area (Å²) in [7, 11) is 0. The van der Waals surface area contributed by atoms with Gasteiger partial charge >= 0.3 is 0 Å². The molecule has 0 spiro atoms. The fourth-order valence-corrected chi connectivity index (χ4v) is 9.74. The van der Waals surface area contributed by atoms with Gasteiger partial charge < -0.3 is 18.4 Å². The molecule has 365 valence electrons. The minimum atomic E-state index is -2.51. The fraction of sp³-hybridized carbons (Fsp3) is 0.194. The quantitative estimate of drug-likeness (QED) is 0.142. The van der Waals surface area contributed by atoms with Gasteiger partial charge in [0.1, 0.15) is 16.7 Å². The van der Waals surface area contributed by atoms with Crippen molar-refractivity contribution in [3.05, 3.63) is 210 Å². The van der Waals surface area contributed by atoms with Gasteiger partial charge in [0.25, 0.3) is 0 Å². The maximum atomic E-state index is 8.52. The van der Waals surface area contributed by atoms with Crippen LogP contribution in [0.5, 0.6) is 0 Å². The Hall–Kier alpha value is -7.37. The monoisotopic (exact) mass is 1140 g/mol. The van der Waals surface area contributed by atoms with E-state index >= 15 is 0 Å². The van der Waals surface area contributed by atoms with E-state index in [9.17, 15) is 0 Å². The number of imidazole rings is 1. The number of para-hydroxylation sites is 3. The predicted octanol–water partition coefficient (Wildman–Crippen LogP) is 18.6. The maximum absolute atomic E-state index is 8.52. The summed E-state index contributed by atoms with van der Waals surface area (Å²) in [5, 5.41) is 4.31. The molecule has 12 aromatic rings. The van der Waals surface area contributed by atoms with Crippen LogP contribution in [0.2, 0.25) is 0 Å². The minimum Gasteiger partial charge on any atom is -0.501 e. The van der Waals surface area contributed by atoms with E-state index in [1.807, 2.05) is 12.1 Å². The molecular formula is C67H59IrN3O2-2. The summed E-state index contributed by atoms with van der Waals surface area (Å²) < 4.78 is 78.0. The first-order valence-electron chi connectivity index (χ1n) is 28.5. The Bertz CT molecular complexity index is 4270. The molecule has 4 aromatic heterocycles. The third-order valence-corrected chi connectivity index (χ3v) is 13.2. The van der Waals surface area contributed by atoms with Crippen LogP contribution in [0, 0.1) is 31.3 Å². The van der Waals surface area contributed by atoms with Crippen LogP contribution in [0.4, 0.5) is 0 Å². The number of hydrogen-bond acceptors (Lipinski definition) is 4. The van der Waals surface area contributed by atoms with Gasteiger partial charge in [-0.2, -0.15) is 0 Å². The van der Waals surface area contributed by atoms with Crippen LogP contribution in [-0.4, -0.2) is 14.5 Å². The average molecular weight is 1140 g/mol. The molecule has 0 amide bonds. The second-order valence-corrected chi connectivity index (χ2v) is 20.1. The molecule has 12 rings (SSSR count). The van der Waals surface area contributed by atoms with Gasteiger partial charge in [-0.05, 0) is 118 Å². The Morgan fingerprint density at radius 2 is 1.32 bits per heavy atom. The van der Waals surface area contributed by atoms with Crippen molar-refractivity contribution in [1.29, 1.82) is 0 Å². The number of aromatic nitrogens is 3. The second kappa shape index (κ2) is 19.9.